The van der Waals surface area contributed by atoms with Crippen molar-refractivity contribution in [2.75, 3.05) is 24.4 Å². The third kappa shape index (κ3) is 2.12. The molecule has 2 heterocycles. The Hall–Kier alpha value is -1.80. The van der Waals surface area contributed by atoms with E-state index in [1.165, 1.54) is 18.2 Å². The highest BCUT2D eigenvalue weighted by atomic mass is 35.5. The van der Waals surface area contributed by atoms with Crippen molar-refractivity contribution in [1.29, 1.82) is 5.26 Å². The zero-order valence-corrected chi connectivity index (χ0v) is 10.6. The van der Waals surface area contributed by atoms with E-state index in [1.807, 2.05) is 6.07 Å². The summed E-state index contributed by atoms with van der Waals surface area (Å²) in [7, 11) is 1.48. The fraction of sp³-hybridized carbons (Fsp3) is 0.417. The first kappa shape index (κ1) is 12.7. The Morgan fingerprint density at radius 2 is 2.50 bits per heavy atom. The number of nitrogens with zero attached hydrogens (tertiary/aromatic N) is 3. The maximum atomic E-state index is 11.9. The van der Waals surface area contributed by atoms with Crippen LogP contribution in [-0.4, -0.2) is 30.4 Å². The minimum absolute atomic E-state index is 0.0575. The summed E-state index contributed by atoms with van der Waals surface area (Å²) >= 11 is 5.77. The molecule has 0 aromatic carbocycles. The summed E-state index contributed by atoms with van der Waals surface area (Å²) in [6.45, 7) is 0.497. The third-order valence-electron chi connectivity index (χ3n) is 2.90. The van der Waals surface area contributed by atoms with Crippen molar-refractivity contribution in [2.24, 2.45) is 5.92 Å². The minimum atomic E-state index is -0.0575. The lowest BCUT2D eigenvalue weighted by molar-refractivity contribution is -0.117. The van der Waals surface area contributed by atoms with E-state index in [2.05, 4.69) is 4.98 Å². The number of ether oxygens (including phenoxy) is 1. The second kappa shape index (κ2) is 5.23. The topological polar surface area (TPSA) is 66.2 Å². The van der Waals surface area contributed by atoms with Crippen LogP contribution in [0.15, 0.2) is 12.3 Å². The van der Waals surface area contributed by atoms with Crippen LogP contribution in [0, 0.1) is 17.2 Å². The highest BCUT2D eigenvalue weighted by Gasteiger charge is 2.32. The first-order valence-electron chi connectivity index (χ1n) is 5.50. The van der Waals surface area contributed by atoms with E-state index >= 15 is 0 Å². The maximum absolute atomic E-state index is 11.9. The largest absolute Gasteiger partial charge is 0.495 e. The molecular formula is C12H12ClN3O2. The number of pyridine rings is 1. The van der Waals surface area contributed by atoms with Crippen LogP contribution in [0.5, 0.6) is 5.75 Å². The minimum Gasteiger partial charge on any atom is -0.495 e. The Morgan fingerprint density at radius 1 is 1.72 bits per heavy atom. The molecule has 1 aliphatic rings. The van der Waals surface area contributed by atoms with Crippen molar-refractivity contribution < 1.29 is 9.53 Å². The molecule has 1 aromatic heterocycles. The number of nitriles is 1. The number of aromatic nitrogens is 1. The number of alkyl halides is 1. The van der Waals surface area contributed by atoms with Crippen LogP contribution >= 0.6 is 11.6 Å². The van der Waals surface area contributed by atoms with Crippen molar-refractivity contribution in [1.82, 2.24) is 4.98 Å². The smallest absolute Gasteiger partial charge is 0.228 e. The Bertz CT molecular complexity index is 513. The van der Waals surface area contributed by atoms with E-state index in [9.17, 15) is 4.79 Å². The van der Waals surface area contributed by atoms with Gasteiger partial charge in [-0.2, -0.15) is 5.26 Å². The molecule has 1 amide bonds. The van der Waals surface area contributed by atoms with Gasteiger partial charge in [0.2, 0.25) is 5.91 Å². The van der Waals surface area contributed by atoms with Crippen molar-refractivity contribution in [2.45, 2.75) is 6.42 Å². The van der Waals surface area contributed by atoms with Gasteiger partial charge < -0.3 is 4.74 Å². The zero-order valence-electron chi connectivity index (χ0n) is 9.89. The molecule has 1 unspecified atom stereocenters. The molecule has 0 radical (unpaired) electrons. The summed E-state index contributed by atoms with van der Waals surface area (Å²) in [5.74, 6) is 1.25. The van der Waals surface area contributed by atoms with Gasteiger partial charge in [-0.1, -0.05) is 0 Å². The lowest BCUT2D eigenvalue weighted by Gasteiger charge is -2.17. The van der Waals surface area contributed by atoms with Crippen molar-refractivity contribution in [3.8, 4) is 11.8 Å². The summed E-state index contributed by atoms with van der Waals surface area (Å²) in [5, 5.41) is 9.17. The highest BCUT2D eigenvalue weighted by Crippen LogP contribution is 2.30. The number of carbonyl (C=O) groups excluding carboxylic acids is 1. The van der Waals surface area contributed by atoms with E-state index in [4.69, 9.17) is 21.6 Å². The van der Waals surface area contributed by atoms with Crippen molar-refractivity contribution in [3.63, 3.8) is 0 Å². The monoisotopic (exact) mass is 265 g/mol. The van der Waals surface area contributed by atoms with Gasteiger partial charge in [0.1, 0.15) is 17.4 Å². The number of hydrogen-bond donors (Lipinski definition) is 0. The molecule has 0 saturated carbocycles. The van der Waals surface area contributed by atoms with Crippen molar-refractivity contribution in [3.05, 3.63) is 17.8 Å². The molecule has 1 fully saturated rings. The number of methoxy groups -OCH3 is 1. The fourth-order valence-electron chi connectivity index (χ4n) is 2.00. The number of halogens is 1. The molecule has 0 bridgehead atoms. The molecule has 0 aliphatic carbocycles. The van der Waals surface area contributed by atoms with Gasteiger partial charge in [-0.05, 0) is 12.0 Å². The molecule has 6 heteroatoms. The Morgan fingerprint density at radius 3 is 3.06 bits per heavy atom. The normalized spacial score (nSPS) is 18.8. The lowest BCUT2D eigenvalue weighted by atomic mass is 10.1. The number of rotatable bonds is 3. The Kier molecular flexibility index (Phi) is 3.68. The average Bonchev–Trinajstić information content (AvgIpc) is 2.78. The molecule has 18 heavy (non-hydrogen) atoms. The van der Waals surface area contributed by atoms with Gasteiger partial charge in [0.15, 0.2) is 5.82 Å². The summed E-state index contributed by atoms with van der Waals surface area (Å²) in [6.07, 6.45) is 1.92. The molecule has 0 spiro atoms. The number of amides is 1. The number of anilines is 1. The standard InChI is InChI=1S/C12H12ClN3O2/c1-18-10-2-3-15-12(9(10)6-14)16-7-8(5-13)4-11(16)17/h2-3,8H,4-5,7H2,1H3. The molecule has 1 aromatic rings. The van der Waals surface area contributed by atoms with Gasteiger partial charge >= 0.3 is 0 Å². The molecule has 0 N–H and O–H groups in total. The lowest BCUT2D eigenvalue weighted by Crippen LogP contribution is -2.26. The second-order valence-corrected chi connectivity index (χ2v) is 4.36. The first-order chi connectivity index (χ1) is 8.71. The van der Waals surface area contributed by atoms with Crippen LogP contribution < -0.4 is 9.64 Å². The summed E-state index contributed by atoms with van der Waals surface area (Å²) in [4.78, 5) is 17.5. The Balaban J connectivity index is 2.40. The van der Waals surface area contributed by atoms with Crippen LogP contribution in [0.4, 0.5) is 5.82 Å². The van der Waals surface area contributed by atoms with E-state index in [1.54, 1.807) is 6.07 Å². The van der Waals surface area contributed by atoms with Crippen LogP contribution in [0.2, 0.25) is 0 Å². The van der Waals surface area contributed by atoms with E-state index in [0.717, 1.165) is 0 Å². The van der Waals surface area contributed by atoms with Gasteiger partial charge in [-0.15, -0.1) is 11.6 Å². The SMILES string of the molecule is COc1ccnc(N2CC(CCl)CC2=O)c1C#N. The van der Waals surface area contributed by atoms with Gasteiger partial charge in [0.05, 0.1) is 7.11 Å². The first-order valence-corrected chi connectivity index (χ1v) is 6.04. The van der Waals surface area contributed by atoms with E-state index < -0.39 is 0 Å². The average molecular weight is 266 g/mol. The summed E-state index contributed by atoms with van der Waals surface area (Å²) in [5.41, 5.74) is 0.281. The molecule has 5 nitrogen and oxygen atoms in total. The molecule has 94 valence electrons. The van der Waals surface area contributed by atoms with Gasteiger partial charge in [-0.3, -0.25) is 9.69 Å². The quantitative estimate of drug-likeness (QED) is 0.778. The number of hydrogen-bond acceptors (Lipinski definition) is 4. The summed E-state index contributed by atoms with van der Waals surface area (Å²) < 4.78 is 5.10. The van der Waals surface area contributed by atoms with Gasteiger partial charge in [-0.25, -0.2) is 4.98 Å². The molecule has 1 saturated heterocycles. The Labute approximate surface area is 110 Å². The third-order valence-corrected chi connectivity index (χ3v) is 3.34. The van der Waals surface area contributed by atoms with E-state index in [-0.39, 0.29) is 17.4 Å². The van der Waals surface area contributed by atoms with Crippen LogP contribution in [0.1, 0.15) is 12.0 Å². The molecular weight excluding hydrogens is 254 g/mol. The zero-order chi connectivity index (χ0) is 13.1. The van der Waals surface area contributed by atoms with Crippen molar-refractivity contribution >= 4 is 23.3 Å². The molecule has 2 rings (SSSR count). The fourth-order valence-corrected chi connectivity index (χ4v) is 2.21. The number of carbonyl (C=O) groups is 1. The summed E-state index contributed by atoms with van der Waals surface area (Å²) in [6, 6.07) is 3.63. The van der Waals surface area contributed by atoms with Gasteiger partial charge in [0, 0.05) is 25.0 Å². The second-order valence-electron chi connectivity index (χ2n) is 4.05. The predicted octanol–water partition coefficient (Wildman–Crippen LogP) is 1.55. The van der Waals surface area contributed by atoms with E-state index in [0.29, 0.717) is 30.4 Å². The maximum Gasteiger partial charge on any atom is 0.228 e. The van der Waals surface area contributed by atoms with Crippen LogP contribution in [0.3, 0.4) is 0 Å². The molecule has 1 atom stereocenters. The van der Waals surface area contributed by atoms with Crippen LogP contribution in [0.25, 0.3) is 0 Å². The van der Waals surface area contributed by atoms with Crippen LogP contribution in [-0.2, 0) is 4.79 Å². The molecule has 1 aliphatic heterocycles. The highest BCUT2D eigenvalue weighted by molar-refractivity contribution is 6.18. The van der Waals surface area contributed by atoms with Gasteiger partial charge in [0.25, 0.3) is 0 Å². The predicted molar refractivity (Wildman–Crippen MR) is 66.7 cm³/mol.